The molecule has 1 aromatic heterocycles. The Morgan fingerprint density at radius 2 is 2.07 bits per heavy atom. The van der Waals surface area contributed by atoms with Crippen LogP contribution >= 0.6 is 0 Å². The fourth-order valence-corrected chi connectivity index (χ4v) is 1.26. The van der Waals surface area contributed by atoms with Gasteiger partial charge >= 0.3 is 5.97 Å². The Hall–Kier alpha value is -1.52. The van der Waals surface area contributed by atoms with Gasteiger partial charge in [-0.3, -0.25) is 0 Å². The molecule has 1 heterocycles. The van der Waals surface area contributed by atoms with Crippen LogP contribution < -0.4 is 5.32 Å². The lowest BCUT2D eigenvalue weighted by Gasteiger charge is -2.14. The minimum absolute atomic E-state index is 0.0758. The van der Waals surface area contributed by atoms with Crippen molar-refractivity contribution in [2.45, 2.75) is 39.8 Å². The summed E-state index contributed by atoms with van der Waals surface area (Å²) in [4.78, 5) is 14.8. The van der Waals surface area contributed by atoms with Crippen LogP contribution in [-0.2, 0) is 0 Å². The van der Waals surface area contributed by atoms with E-state index in [1.807, 2.05) is 32.3 Å². The number of anilines is 1. The van der Waals surface area contributed by atoms with Crippen molar-refractivity contribution in [1.82, 2.24) is 9.55 Å². The maximum atomic E-state index is 10.8. The number of imidazole rings is 1. The van der Waals surface area contributed by atoms with E-state index >= 15 is 0 Å². The molecule has 0 atom stereocenters. The second-order valence-corrected chi connectivity index (χ2v) is 4.05. The maximum Gasteiger partial charge on any atom is 0.356 e. The Kier molecular flexibility index (Phi) is 3.34. The van der Waals surface area contributed by atoms with Gasteiger partial charge in [0.1, 0.15) is 0 Å². The number of rotatable bonds is 4. The molecule has 0 spiro atoms. The highest BCUT2D eigenvalue weighted by atomic mass is 16.4. The van der Waals surface area contributed by atoms with Crippen LogP contribution in [-0.4, -0.2) is 26.7 Å². The lowest BCUT2D eigenvalue weighted by molar-refractivity contribution is 0.0691. The zero-order valence-corrected chi connectivity index (χ0v) is 9.48. The zero-order chi connectivity index (χ0) is 11.6. The molecule has 5 nitrogen and oxygen atoms in total. The Labute approximate surface area is 89.1 Å². The third kappa shape index (κ3) is 2.71. The summed E-state index contributed by atoms with van der Waals surface area (Å²) in [6.07, 6.45) is 1.55. The monoisotopic (exact) mass is 211 g/mol. The van der Waals surface area contributed by atoms with E-state index in [9.17, 15) is 4.79 Å². The van der Waals surface area contributed by atoms with Gasteiger partial charge in [-0.05, 0) is 27.7 Å². The van der Waals surface area contributed by atoms with Crippen molar-refractivity contribution in [1.29, 1.82) is 0 Å². The molecule has 0 saturated carbocycles. The molecule has 0 radical (unpaired) electrons. The summed E-state index contributed by atoms with van der Waals surface area (Å²) >= 11 is 0. The zero-order valence-electron chi connectivity index (χ0n) is 9.48. The molecule has 0 fully saturated rings. The average molecular weight is 211 g/mol. The van der Waals surface area contributed by atoms with Gasteiger partial charge in [0.05, 0.1) is 0 Å². The van der Waals surface area contributed by atoms with Crippen LogP contribution in [0.25, 0.3) is 0 Å². The molecule has 84 valence electrons. The first kappa shape index (κ1) is 11.6. The summed E-state index contributed by atoms with van der Waals surface area (Å²) in [5.74, 6) is -0.390. The largest absolute Gasteiger partial charge is 0.476 e. The van der Waals surface area contributed by atoms with Crippen molar-refractivity contribution in [3.05, 3.63) is 11.9 Å². The lowest BCUT2D eigenvalue weighted by Crippen LogP contribution is -2.15. The average Bonchev–Trinajstić information content (AvgIpc) is 2.46. The summed E-state index contributed by atoms with van der Waals surface area (Å²) in [6.45, 7) is 7.94. The molecule has 0 saturated heterocycles. The number of hydrogen-bond donors (Lipinski definition) is 2. The Bertz CT molecular complexity index is 356. The number of nitrogens with one attached hydrogen (secondary N) is 1. The minimum atomic E-state index is -0.999. The molecular weight excluding hydrogens is 194 g/mol. The van der Waals surface area contributed by atoms with Crippen molar-refractivity contribution in [2.24, 2.45) is 0 Å². The lowest BCUT2D eigenvalue weighted by atomic mass is 10.4. The van der Waals surface area contributed by atoms with Crippen molar-refractivity contribution in [3.63, 3.8) is 0 Å². The number of carboxylic acid groups (broad SMARTS) is 1. The van der Waals surface area contributed by atoms with Crippen molar-refractivity contribution in [3.8, 4) is 0 Å². The molecule has 0 amide bonds. The molecule has 1 aromatic rings. The molecule has 0 aromatic carbocycles. The normalized spacial score (nSPS) is 11.1. The summed E-state index contributed by atoms with van der Waals surface area (Å²) < 4.78 is 1.82. The first-order valence-corrected chi connectivity index (χ1v) is 5.00. The second-order valence-electron chi connectivity index (χ2n) is 4.05. The van der Waals surface area contributed by atoms with E-state index in [2.05, 4.69) is 10.3 Å². The van der Waals surface area contributed by atoms with Crippen molar-refractivity contribution < 1.29 is 9.90 Å². The standard InChI is InChI=1S/C10H17N3O2/c1-6(2)11-10-12-8(9(14)15)5-13(10)7(3)4/h5-7H,1-4H3,(H,11,12)(H,14,15). The molecule has 15 heavy (non-hydrogen) atoms. The van der Waals surface area contributed by atoms with Gasteiger partial charge in [-0.1, -0.05) is 0 Å². The number of hydrogen-bond acceptors (Lipinski definition) is 3. The van der Waals surface area contributed by atoms with Crippen molar-refractivity contribution >= 4 is 11.9 Å². The first-order chi connectivity index (χ1) is 6.91. The third-order valence-corrected chi connectivity index (χ3v) is 1.93. The maximum absolute atomic E-state index is 10.8. The number of carbonyl (C=O) groups is 1. The van der Waals surface area contributed by atoms with Crippen LogP contribution in [0.15, 0.2) is 6.20 Å². The van der Waals surface area contributed by atoms with E-state index in [1.165, 1.54) is 0 Å². The molecule has 0 aliphatic rings. The van der Waals surface area contributed by atoms with Gasteiger partial charge in [-0.15, -0.1) is 0 Å². The van der Waals surface area contributed by atoms with Gasteiger partial charge in [-0.2, -0.15) is 0 Å². The smallest absolute Gasteiger partial charge is 0.356 e. The molecule has 1 rings (SSSR count). The molecule has 0 aliphatic carbocycles. The fourth-order valence-electron chi connectivity index (χ4n) is 1.26. The fraction of sp³-hybridized carbons (Fsp3) is 0.600. The predicted molar refractivity (Wildman–Crippen MR) is 58.3 cm³/mol. The molecule has 2 N–H and O–H groups in total. The number of nitrogens with zero attached hydrogens (tertiary/aromatic N) is 2. The second kappa shape index (κ2) is 4.33. The van der Waals surface area contributed by atoms with E-state index in [-0.39, 0.29) is 17.8 Å². The van der Waals surface area contributed by atoms with Gasteiger partial charge in [-0.25, -0.2) is 9.78 Å². The highest BCUT2D eigenvalue weighted by Crippen LogP contribution is 2.16. The van der Waals surface area contributed by atoms with Gasteiger partial charge in [0.25, 0.3) is 0 Å². The highest BCUT2D eigenvalue weighted by Gasteiger charge is 2.15. The van der Waals surface area contributed by atoms with Crippen LogP contribution in [0.5, 0.6) is 0 Å². The van der Waals surface area contributed by atoms with Crippen LogP contribution in [0.4, 0.5) is 5.95 Å². The summed E-state index contributed by atoms with van der Waals surface area (Å²) in [7, 11) is 0. The van der Waals surface area contributed by atoms with Crippen molar-refractivity contribution in [2.75, 3.05) is 5.32 Å². The van der Waals surface area contributed by atoms with Crippen LogP contribution in [0.3, 0.4) is 0 Å². The van der Waals surface area contributed by atoms with Gasteiger partial charge in [0.15, 0.2) is 5.69 Å². The molecular formula is C10H17N3O2. The Morgan fingerprint density at radius 3 is 2.47 bits per heavy atom. The van der Waals surface area contributed by atoms with E-state index in [1.54, 1.807) is 6.20 Å². The summed E-state index contributed by atoms with van der Waals surface area (Å²) in [6, 6.07) is 0.415. The number of aromatic nitrogens is 2. The van der Waals surface area contributed by atoms with Crippen LogP contribution in [0.2, 0.25) is 0 Å². The van der Waals surface area contributed by atoms with E-state index in [4.69, 9.17) is 5.11 Å². The van der Waals surface area contributed by atoms with Gasteiger partial charge in [0.2, 0.25) is 5.95 Å². The van der Waals surface area contributed by atoms with Gasteiger partial charge in [0, 0.05) is 18.3 Å². The quantitative estimate of drug-likeness (QED) is 0.799. The van der Waals surface area contributed by atoms with E-state index in [0.717, 1.165) is 0 Å². The third-order valence-electron chi connectivity index (χ3n) is 1.93. The van der Waals surface area contributed by atoms with Crippen LogP contribution in [0, 0.1) is 0 Å². The highest BCUT2D eigenvalue weighted by molar-refractivity contribution is 5.85. The predicted octanol–water partition coefficient (Wildman–Crippen LogP) is 1.98. The van der Waals surface area contributed by atoms with E-state index < -0.39 is 5.97 Å². The molecule has 0 unspecified atom stereocenters. The Balaban J connectivity index is 3.06. The topological polar surface area (TPSA) is 67.2 Å². The Morgan fingerprint density at radius 1 is 1.47 bits per heavy atom. The molecule has 5 heteroatoms. The molecule has 0 aliphatic heterocycles. The minimum Gasteiger partial charge on any atom is -0.476 e. The number of aromatic carboxylic acids is 1. The SMILES string of the molecule is CC(C)Nc1nc(C(=O)O)cn1C(C)C. The van der Waals surface area contributed by atoms with Gasteiger partial charge < -0.3 is 15.0 Å². The first-order valence-electron chi connectivity index (χ1n) is 5.00. The summed E-state index contributed by atoms with van der Waals surface area (Å²) in [5, 5.41) is 12.0. The summed E-state index contributed by atoms with van der Waals surface area (Å²) in [5.41, 5.74) is 0.0758. The van der Waals surface area contributed by atoms with E-state index in [0.29, 0.717) is 5.95 Å². The number of carboxylic acids is 1. The van der Waals surface area contributed by atoms with Crippen LogP contribution in [0.1, 0.15) is 44.2 Å². The molecule has 0 bridgehead atoms.